The lowest BCUT2D eigenvalue weighted by molar-refractivity contribution is -0.384. The van der Waals surface area contributed by atoms with Crippen LogP contribution in [-0.2, 0) is 6.61 Å². The average Bonchev–Trinajstić information content (AvgIpc) is 3.29. The number of rotatable bonds is 5. The van der Waals surface area contributed by atoms with Crippen molar-refractivity contribution in [2.24, 2.45) is 5.92 Å². The van der Waals surface area contributed by atoms with Crippen LogP contribution in [0.2, 0.25) is 0 Å². The number of benzene rings is 3. The van der Waals surface area contributed by atoms with Crippen molar-refractivity contribution in [1.29, 1.82) is 0 Å². The molecular formula is C25H21FN2O3. The minimum absolute atomic E-state index is 0.0214. The van der Waals surface area contributed by atoms with Gasteiger partial charge in [0.05, 0.1) is 16.7 Å². The van der Waals surface area contributed by atoms with Crippen LogP contribution in [0.25, 0.3) is 0 Å². The number of nitro benzene ring substituents is 1. The predicted molar refractivity (Wildman–Crippen MR) is 117 cm³/mol. The van der Waals surface area contributed by atoms with E-state index in [2.05, 4.69) is 17.5 Å². The maximum absolute atomic E-state index is 14.5. The molecule has 0 spiro atoms. The molecule has 0 fully saturated rings. The van der Waals surface area contributed by atoms with Gasteiger partial charge in [-0.2, -0.15) is 0 Å². The van der Waals surface area contributed by atoms with Crippen molar-refractivity contribution in [3.8, 4) is 5.75 Å². The molecule has 0 radical (unpaired) electrons. The van der Waals surface area contributed by atoms with Gasteiger partial charge in [0.2, 0.25) is 0 Å². The van der Waals surface area contributed by atoms with Gasteiger partial charge in [0, 0.05) is 18.1 Å². The Labute approximate surface area is 179 Å². The molecule has 6 heteroatoms. The predicted octanol–water partition coefficient (Wildman–Crippen LogP) is 6.14. The zero-order valence-corrected chi connectivity index (χ0v) is 16.7. The number of nitro groups is 1. The van der Waals surface area contributed by atoms with Crippen LogP contribution < -0.4 is 10.1 Å². The number of nitrogens with zero attached hydrogens (tertiary/aromatic N) is 1. The largest absolute Gasteiger partial charge is 0.489 e. The Morgan fingerprint density at radius 2 is 1.84 bits per heavy atom. The number of hydrogen-bond acceptors (Lipinski definition) is 4. The van der Waals surface area contributed by atoms with Gasteiger partial charge in [-0.25, -0.2) is 4.39 Å². The Kier molecular flexibility index (Phi) is 4.90. The summed E-state index contributed by atoms with van der Waals surface area (Å²) in [7, 11) is 0. The van der Waals surface area contributed by atoms with Crippen molar-refractivity contribution in [2.45, 2.75) is 25.0 Å². The summed E-state index contributed by atoms with van der Waals surface area (Å²) in [6.07, 6.45) is 5.33. The van der Waals surface area contributed by atoms with Crippen LogP contribution in [-0.4, -0.2) is 4.92 Å². The van der Waals surface area contributed by atoms with Crippen LogP contribution in [0, 0.1) is 21.8 Å². The zero-order chi connectivity index (χ0) is 21.4. The molecule has 156 valence electrons. The van der Waals surface area contributed by atoms with Gasteiger partial charge in [0.15, 0.2) is 0 Å². The number of ether oxygens (including phenoxy) is 1. The molecule has 3 atom stereocenters. The molecule has 0 saturated heterocycles. The molecule has 5 nitrogen and oxygen atoms in total. The first-order valence-corrected chi connectivity index (χ1v) is 10.3. The van der Waals surface area contributed by atoms with Gasteiger partial charge in [-0.1, -0.05) is 36.4 Å². The van der Waals surface area contributed by atoms with Crippen LogP contribution in [0.1, 0.15) is 35.1 Å². The highest BCUT2D eigenvalue weighted by molar-refractivity contribution is 5.60. The summed E-state index contributed by atoms with van der Waals surface area (Å²) in [5.41, 5.74) is 3.63. The lowest BCUT2D eigenvalue weighted by Gasteiger charge is -2.37. The van der Waals surface area contributed by atoms with E-state index in [9.17, 15) is 14.5 Å². The van der Waals surface area contributed by atoms with Crippen LogP contribution >= 0.6 is 0 Å². The van der Waals surface area contributed by atoms with Crippen LogP contribution in [0.15, 0.2) is 78.9 Å². The molecule has 31 heavy (non-hydrogen) atoms. The summed E-state index contributed by atoms with van der Waals surface area (Å²) in [5, 5.41) is 14.2. The maximum atomic E-state index is 14.5. The first kappa shape index (κ1) is 19.3. The van der Waals surface area contributed by atoms with Gasteiger partial charge in [0.25, 0.3) is 5.69 Å². The topological polar surface area (TPSA) is 64.4 Å². The van der Waals surface area contributed by atoms with Crippen LogP contribution in [0.5, 0.6) is 5.75 Å². The highest BCUT2D eigenvalue weighted by Crippen LogP contribution is 2.50. The normalized spacial score (nSPS) is 21.1. The molecule has 5 rings (SSSR count). The standard InChI is InChI=1S/C25H21FN2O3/c26-23-6-2-5-22-20-3-1-4-21(20)24(27-25(22)23)17-9-13-19(14-10-17)31-15-16-7-11-18(12-8-16)28(29)30/h1-3,5-14,20-21,24,27H,4,15H2. The van der Waals surface area contributed by atoms with Gasteiger partial charge in [-0.05, 0) is 59.4 Å². The molecule has 0 bridgehead atoms. The van der Waals surface area contributed by atoms with Crippen LogP contribution in [0.4, 0.5) is 15.8 Å². The summed E-state index contributed by atoms with van der Waals surface area (Å²) in [6, 6.07) is 19.5. The molecule has 0 aromatic heterocycles. The first-order valence-electron chi connectivity index (χ1n) is 10.3. The fraction of sp³-hybridized carbons (Fsp3) is 0.200. The second kappa shape index (κ2) is 7.87. The van der Waals surface area contributed by atoms with Crippen molar-refractivity contribution in [3.63, 3.8) is 0 Å². The van der Waals surface area contributed by atoms with Gasteiger partial charge in [-0.15, -0.1) is 0 Å². The summed E-state index contributed by atoms with van der Waals surface area (Å²) in [5.74, 6) is 1.06. The van der Waals surface area contributed by atoms with Gasteiger partial charge in [-0.3, -0.25) is 10.1 Å². The van der Waals surface area contributed by atoms with E-state index in [-0.39, 0.29) is 23.5 Å². The number of hydrogen-bond donors (Lipinski definition) is 1. The third-order valence-corrected chi connectivity index (χ3v) is 6.14. The number of non-ortho nitro benzene ring substituents is 1. The number of para-hydroxylation sites is 1. The molecule has 1 aliphatic carbocycles. The Bertz CT molecular complexity index is 1140. The number of nitrogens with one attached hydrogen (secondary N) is 1. The van der Waals surface area contributed by atoms with E-state index in [4.69, 9.17) is 4.74 Å². The quantitative estimate of drug-likeness (QED) is 0.308. The maximum Gasteiger partial charge on any atom is 0.269 e. The minimum Gasteiger partial charge on any atom is -0.489 e. The lowest BCUT2D eigenvalue weighted by atomic mass is 9.77. The third kappa shape index (κ3) is 3.65. The van der Waals surface area contributed by atoms with Crippen LogP contribution in [0.3, 0.4) is 0 Å². The first-order chi connectivity index (χ1) is 15.1. The SMILES string of the molecule is O=[N+]([O-])c1ccc(COc2ccc(C3Nc4c(F)cccc4C4C=CCC43)cc2)cc1. The molecule has 1 aliphatic heterocycles. The van der Waals surface area contributed by atoms with Gasteiger partial charge >= 0.3 is 0 Å². The van der Waals surface area contributed by atoms with E-state index in [0.717, 1.165) is 23.1 Å². The molecule has 2 aliphatic rings. The Balaban J connectivity index is 1.31. The van der Waals surface area contributed by atoms with Gasteiger partial charge in [0.1, 0.15) is 18.2 Å². The lowest BCUT2D eigenvalue weighted by Crippen LogP contribution is -2.29. The van der Waals surface area contributed by atoms with E-state index in [1.165, 1.54) is 18.2 Å². The molecule has 3 aromatic rings. The van der Waals surface area contributed by atoms with E-state index in [1.807, 2.05) is 30.3 Å². The summed E-state index contributed by atoms with van der Waals surface area (Å²) in [6.45, 7) is 0.326. The van der Waals surface area contributed by atoms with Crippen molar-refractivity contribution in [1.82, 2.24) is 0 Å². The monoisotopic (exact) mass is 416 g/mol. The fourth-order valence-corrected chi connectivity index (χ4v) is 4.57. The zero-order valence-electron chi connectivity index (χ0n) is 16.7. The number of allylic oxidation sites excluding steroid dienone is 2. The third-order valence-electron chi connectivity index (χ3n) is 6.14. The molecule has 3 unspecified atom stereocenters. The van der Waals surface area contributed by atoms with Crippen molar-refractivity contribution < 1.29 is 14.1 Å². The second-order valence-corrected chi connectivity index (χ2v) is 7.96. The molecule has 1 heterocycles. The van der Waals surface area contributed by atoms with Crippen molar-refractivity contribution >= 4 is 11.4 Å². The molecule has 1 N–H and O–H groups in total. The molecule has 0 saturated carbocycles. The highest BCUT2D eigenvalue weighted by atomic mass is 19.1. The second-order valence-electron chi connectivity index (χ2n) is 7.96. The van der Waals surface area contributed by atoms with E-state index >= 15 is 0 Å². The van der Waals surface area contributed by atoms with E-state index < -0.39 is 4.92 Å². The number of fused-ring (bicyclic) bond motifs is 3. The summed E-state index contributed by atoms with van der Waals surface area (Å²) >= 11 is 0. The fourth-order valence-electron chi connectivity index (χ4n) is 4.57. The highest BCUT2D eigenvalue weighted by Gasteiger charge is 2.38. The minimum atomic E-state index is -0.419. The van der Waals surface area contributed by atoms with E-state index in [1.54, 1.807) is 18.2 Å². The molecular weight excluding hydrogens is 395 g/mol. The molecule has 3 aromatic carbocycles. The Hall–Kier alpha value is -3.67. The summed E-state index contributed by atoms with van der Waals surface area (Å²) < 4.78 is 20.3. The van der Waals surface area contributed by atoms with E-state index in [0.29, 0.717) is 24.0 Å². The van der Waals surface area contributed by atoms with Crippen molar-refractivity contribution in [3.05, 3.63) is 112 Å². The summed E-state index contributed by atoms with van der Waals surface area (Å²) in [4.78, 5) is 10.3. The van der Waals surface area contributed by atoms with Crippen molar-refractivity contribution in [2.75, 3.05) is 5.32 Å². The average molecular weight is 416 g/mol. The Morgan fingerprint density at radius 1 is 1.06 bits per heavy atom. The number of anilines is 1. The number of halogens is 1. The Morgan fingerprint density at radius 3 is 2.58 bits per heavy atom. The smallest absolute Gasteiger partial charge is 0.269 e. The molecule has 0 amide bonds. The van der Waals surface area contributed by atoms with Gasteiger partial charge < -0.3 is 10.1 Å².